The van der Waals surface area contributed by atoms with E-state index in [1.165, 1.54) is 5.56 Å². The van der Waals surface area contributed by atoms with Gasteiger partial charge in [0.1, 0.15) is 0 Å². The van der Waals surface area contributed by atoms with Gasteiger partial charge in [0.2, 0.25) is 0 Å². The Bertz CT molecular complexity index is 1130. The summed E-state index contributed by atoms with van der Waals surface area (Å²) in [6, 6.07) is 19.8. The van der Waals surface area contributed by atoms with Gasteiger partial charge in [0.15, 0.2) is 0 Å². The van der Waals surface area contributed by atoms with Crippen molar-refractivity contribution in [2.45, 2.75) is 20.4 Å². The summed E-state index contributed by atoms with van der Waals surface area (Å²) in [5.41, 5.74) is 5.49. The number of pyridine rings is 1. The summed E-state index contributed by atoms with van der Waals surface area (Å²) in [7, 11) is 1.81. The Morgan fingerprint density at radius 2 is 1.75 bits per heavy atom. The molecular formula is C23H21N3O2. The van der Waals surface area contributed by atoms with Crippen molar-refractivity contribution < 1.29 is 9.32 Å². The fraction of sp³-hybridized carbons (Fsp3) is 0.174. The van der Waals surface area contributed by atoms with Crippen LogP contribution in [0.1, 0.15) is 27.2 Å². The quantitative estimate of drug-likeness (QED) is 0.518. The van der Waals surface area contributed by atoms with Gasteiger partial charge in [-0.3, -0.25) is 4.79 Å². The summed E-state index contributed by atoms with van der Waals surface area (Å²) >= 11 is 0. The lowest BCUT2D eigenvalue weighted by Gasteiger charge is -2.18. The largest absolute Gasteiger partial charge is 0.337 e. The molecule has 0 radical (unpaired) electrons. The molecule has 140 valence electrons. The predicted octanol–water partition coefficient (Wildman–Crippen LogP) is 4.78. The van der Waals surface area contributed by atoms with Crippen LogP contribution in [-0.2, 0) is 6.54 Å². The maximum absolute atomic E-state index is 13.3. The first-order valence-corrected chi connectivity index (χ1v) is 9.16. The first kappa shape index (κ1) is 17.9. The molecular weight excluding hydrogens is 350 g/mol. The van der Waals surface area contributed by atoms with Gasteiger partial charge in [-0.25, -0.2) is 4.98 Å². The van der Waals surface area contributed by atoms with Gasteiger partial charge in [0.25, 0.3) is 11.6 Å². The van der Waals surface area contributed by atoms with Gasteiger partial charge in [-0.15, -0.1) is 0 Å². The molecule has 2 aromatic carbocycles. The molecule has 2 heterocycles. The highest BCUT2D eigenvalue weighted by Gasteiger charge is 2.22. The van der Waals surface area contributed by atoms with Crippen molar-refractivity contribution in [1.82, 2.24) is 15.0 Å². The Morgan fingerprint density at radius 1 is 1.04 bits per heavy atom. The Hall–Kier alpha value is -3.47. The summed E-state index contributed by atoms with van der Waals surface area (Å²) in [5.74, 6) is -0.0866. The molecule has 4 rings (SSSR count). The molecule has 4 aromatic rings. The minimum atomic E-state index is -0.0866. The van der Waals surface area contributed by atoms with E-state index in [9.17, 15) is 4.79 Å². The lowest BCUT2D eigenvalue weighted by Crippen LogP contribution is -2.26. The number of carbonyl (C=O) groups is 1. The van der Waals surface area contributed by atoms with Gasteiger partial charge in [-0.05, 0) is 25.5 Å². The Morgan fingerprint density at radius 3 is 2.46 bits per heavy atom. The van der Waals surface area contributed by atoms with Crippen molar-refractivity contribution in [3.8, 4) is 11.3 Å². The third kappa shape index (κ3) is 3.39. The normalized spacial score (nSPS) is 11.0. The smallest absolute Gasteiger partial charge is 0.259 e. The number of rotatable bonds is 4. The number of aromatic nitrogens is 2. The van der Waals surface area contributed by atoms with E-state index in [0.29, 0.717) is 34.6 Å². The first-order chi connectivity index (χ1) is 13.5. The predicted molar refractivity (Wildman–Crippen MR) is 109 cm³/mol. The van der Waals surface area contributed by atoms with Crippen LogP contribution < -0.4 is 0 Å². The van der Waals surface area contributed by atoms with Gasteiger partial charge in [-0.1, -0.05) is 65.3 Å². The van der Waals surface area contributed by atoms with Crippen LogP contribution in [-0.4, -0.2) is 28.0 Å². The molecule has 5 nitrogen and oxygen atoms in total. The maximum atomic E-state index is 13.3. The van der Waals surface area contributed by atoms with Crippen LogP contribution in [0.25, 0.3) is 22.4 Å². The number of amides is 1. The Kier molecular flexibility index (Phi) is 4.65. The molecule has 0 bridgehead atoms. The van der Waals surface area contributed by atoms with Crippen LogP contribution >= 0.6 is 0 Å². The summed E-state index contributed by atoms with van der Waals surface area (Å²) in [5, 5.41) is 4.69. The van der Waals surface area contributed by atoms with Gasteiger partial charge < -0.3 is 9.42 Å². The average Bonchev–Trinajstić information content (AvgIpc) is 3.10. The Balaban J connectivity index is 1.74. The standard InChI is InChI=1S/C23H21N3O2/c1-15-9-11-17(12-10-15)14-26(3)23(27)19-13-20(18-7-5-4-6-8-18)24-22-21(19)16(2)25-28-22/h4-13H,14H2,1-3H3. The number of hydrogen-bond donors (Lipinski definition) is 0. The van der Waals surface area contributed by atoms with Crippen LogP contribution in [0.3, 0.4) is 0 Å². The zero-order valence-corrected chi connectivity index (χ0v) is 16.1. The number of nitrogens with zero attached hydrogens (tertiary/aromatic N) is 3. The van der Waals surface area contributed by atoms with Crippen LogP contribution in [0.15, 0.2) is 65.2 Å². The number of carbonyl (C=O) groups excluding carboxylic acids is 1. The number of fused-ring (bicyclic) bond motifs is 1. The van der Waals surface area contributed by atoms with Gasteiger partial charge in [-0.2, -0.15) is 0 Å². The van der Waals surface area contributed by atoms with Crippen molar-refractivity contribution in [1.29, 1.82) is 0 Å². The number of aryl methyl sites for hydroxylation is 2. The Labute approximate surface area is 163 Å². The van der Waals surface area contributed by atoms with E-state index in [2.05, 4.69) is 22.3 Å². The van der Waals surface area contributed by atoms with E-state index in [1.807, 2.05) is 62.4 Å². The van der Waals surface area contributed by atoms with E-state index in [1.54, 1.807) is 11.9 Å². The molecule has 5 heteroatoms. The minimum absolute atomic E-state index is 0.0866. The molecule has 0 spiro atoms. The zero-order chi connectivity index (χ0) is 19.7. The average molecular weight is 371 g/mol. The van der Waals surface area contributed by atoms with Gasteiger partial charge >= 0.3 is 0 Å². The zero-order valence-electron chi connectivity index (χ0n) is 16.1. The van der Waals surface area contributed by atoms with Crippen molar-refractivity contribution in [3.63, 3.8) is 0 Å². The molecule has 0 atom stereocenters. The van der Waals surface area contributed by atoms with Gasteiger partial charge in [0, 0.05) is 19.2 Å². The highest BCUT2D eigenvalue weighted by Crippen LogP contribution is 2.28. The monoisotopic (exact) mass is 371 g/mol. The molecule has 0 aliphatic heterocycles. The molecule has 0 aliphatic carbocycles. The summed E-state index contributed by atoms with van der Waals surface area (Å²) in [4.78, 5) is 19.6. The van der Waals surface area contributed by atoms with Crippen LogP contribution in [0, 0.1) is 13.8 Å². The van der Waals surface area contributed by atoms with E-state index in [0.717, 1.165) is 11.1 Å². The molecule has 0 aliphatic rings. The second kappa shape index (κ2) is 7.27. The molecule has 0 saturated heterocycles. The molecule has 28 heavy (non-hydrogen) atoms. The highest BCUT2D eigenvalue weighted by atomic mass is 16.5. The summed E-state index contributed by atoms with van der Waals surface area (Å²) < 4.78 is 5.38. The third-order valence-corrected chi connectivity index (χ3v) is 4.80. The summed E-state index contributed by atoms with van der Waals surface area (Å²) in [6.45, 7) is 4.40. The molecule has 0 fully saturated rings. The van der Waals surface area contributed by atoms with E-state index in [4.69, 9.17) is 4.52 Å². The van der Waals surface area contributed by atoms with Crippen LogP contribution in [0.4, 0.5) is 0 Å². The first-order valence-electron chi connectivity index (χ1n) is 9.16. The molecule has 0 saturated carbocycles. The molecule has 0 unspecified atom stereocenters. The van der Waals surface area contributed by atoms with Crippen molar-refractivity contribution in [2.75, 3.05) is 7.05 Å². The number of benzene rings is 2. The SMILES string of the molecule is Cc1ccc(CN(C)C(=O)c2cc(-c3ccccc3)nc3onc(C)c23)cc1. The second-order valence-electron chi connectivity index (χ2n) is 7.02. The third-order valence-electron chi connectivity index (χ3n) is 4.80. The fourth-order valence-electron chi connectivity index (χ4n) is 3.26. The highest BCUT2D eigenvalue weighted by molar-refractivity contribution is 6.06. The summed E-state index contributed by atoms with van der Waals surface area (Å²) in [6.07, 6.45) is 0. The lowest BCUT2D eigenvalue weighted by atomic mass is 10.0. The molecule has 1 amide bonds. The second-order valence-corrected chi connectivity index (χ2v) is 7.02. The number of hydrogen-bond acceptors (Lipinski definition) is 4. The van der Waals surface area contributed by atoms with Crippen molar-refractivity contribution in [2.24, 2.45) is 0 Å². The fourth-order valence-corrected chi connectivity index (χ4v) is 3.26. The molecule has 2 aromatic heterocycles. The minimum Gasteiger partial charge on any atom is -0.337 e. The van der Waals surface area contributed by atoms with Crippen molar-refractivity contribution in [3.05, 3.63) is 83.0 Å². The van der Waals surface area contributed by atoms with Crippen molar-refractivity contribution >= 4 is 17.0 Å². The lowest BCUT2D eigenvalue weighted by molar-refractivity contribution is 0.0787. The van der Waals surface area contributed by atoms with Crippen LogP contribution in [0.2, 0.25) is 0 Å². The van der Waals surface area contributed by atoms with E-state index in [-0.39, 0.29) is 5.91 Å². The van der Waals surface area contributed by atoms with E-state index < -0.39 is 0 Å². The maximum Gasteiger partial charge on any atom is 0.259 e. The molecule has 0 N–H and O–H groups in total. The van der Waals surface area contributed by atoms with E-state index >= 15 is 0 Å². The van der Waals surface area contributed by atoms with Crippen LogP contribution in [0.5, 0.6) is 0 Å². The topological polar surface area (TPSA) is 59.2 Å². The van der Waals surface area contributed by atoms with Gasteiger partial charge in [0.05, 0.1) is 22.3 Å².